The fourth-order valence-electron chi connectivity index (χ4n) is 3.21. The van der Waals surface area contributed by atoms with Crippen molar-refractivity contribution < 1.29 is 9.84 Å². The molecule has 0 radical (unpaired) electrons. The van der Waals surface area contributed by atoms with E-state index >= 15 is 0 Å². The van der Waals surface area contributed by atoms with Crippen molar-refractivity contribution in [2.75, 3.05) is 26.7 Å². The first-order chi connectivity index (χ1) is 10.1. The van der Waals surface area contributed by atoms with Crippen LogP contribution >= 0.6 is 0 Å². The number of β-amino-alcohol motifs (C(OH)–C–C–N with tert-alkyl or cyclic N) is 1. The number of methoxy groups -OCH3 is 1. The molecule has 1 saturated heterocycles. The van der Waals surface area contributed by atoms with Crippen molar-refractivity contribution in [1.82, 2.24) is 4.90 Å². The summed E-state index contributed by atoms with van der Waals surface area (Å²) in [4.78, 5) is 2.41. The Hall–Kier alpha value is -1.06. The van der Waals surface area contributed by atoms with Gasteiger partial charge in [-0.25, -0.2) is 0 Å². The molecule has 1 aliphatic rings. The Bertz CT molecular complexity index is 416. The van der Waals surface area contributed by atoms with Crippen molar-refractivity contribution in [2.45, 2.75) is 39.2 Å². The molecular weight excluding hydrogens is 262 g/mol. The van der Waals surface area contributed by atoms with Gasteiger partial charge in [0.1, 0.15) is 5.75 Å². The van der Waals surface area contributed by atoms with Crippen LogP contribution in [-0.2, 0) is 0 Å². The summed E-state index contributed by atoms with van der Waals surface area (Å²) in [6, 6.07) is 7.74. The van der Waals surface area contributed by atoms with Gasteiger partial charge < -0.3 is 14.7 Å². The molecule has 0 saturated carbocycles. The van der Waals surface area contributed by atoms with Crippen LogP contribution in [-0.4, -0.2) is 36.8 Å². The van der Waals surface area contributed by atoms with Gasteiger partial charge in [0, 0.05) is 6.54 Å². The van der Waals surface area contributed by atoms with E-state index in [0.717, 1.165) is 42.8 Å². The van der Waals surface area contributed by atoms with Gasteiger partial charge in [0.25, 0.3) is 0 Å². The zero-order chi connectivity index (χ0) is 15.2. The normalized spacial score (nSPS) is 22.0. The van der Waals surface area contributed by atoms with Gasteiger partial charge in [0.15, 0.2) is 0 Å². The van der Waals surface area contributed by atoms with Crippen molar-refractivity contribution in [3.63, 3.8) is 0 Å². The number of benzene rings is 1. The second kappa shape index (κ2) is 7.81. The predicted molar refractivity (Wildman–Crippen MR) is 86.6 cm³/mol. The molecule has 0 aromatic heterocycles. The highest BCUT2D eigenvalue weighted by molar-refractivity contribution is 5.28. The summed E-state index contributed by atoms with van der Waals surface area (Å²) in [5, 5.41) is 10.4. The number of aliphatic hydroxyl groups excluding tert-OH is 1. The predicted octanol–water partition coefficient (Wildman–Crippen LogP) is 3.49. The highest BCUT2D eigenvalue weighted by Crippen LogP contribution is 2.26. The van der Waals surface area contributed by atoms with E-state index in [2.05, 4.69) is 18.7 Å². The molecule has 0 bridgehead atoms. The Balaban J connectivity index is 1.88. The first-order valence-electron chi connectivity index (χ1n) is 8.14. The van der Waals surface area contributed by atoms with E-state index in [1.54, 1.807) is 7.11 Å². The van der Waals surface area contributed by atoms with Crippen molar-refractivity contribution in [3.8, 4) is 5.75 Å². The van der Waals surface area contributed by atoms with Crippen LogP contribution in [0.5, 0.6) is 5.75 Å². The van der Waals surface area contributed by atoms with Crippen molar-refractivity contribution in [3.05, 3.63) is 29.8 Å². The zero-order valence-electron chi connectivity index (χ0n) is 13.6. The number of likely N-dealkylation sites (tertiary alicyclic amines) is 1. The molecule has 2 rings (SSSR count). The van der Waals surface area contributed by atoms with Gasteiger partial charge in [-0.3, -0.25) is 0 Å². The average molecular weight is 291 g/mol. The Morgan fingerprint density at radius 3 is 2.52 bits per heavy atom. The lowest BCUT2D eigenvalue weighted by Gasteiger charge is -2.24. The lowest BCUT2D eigenvalue weighted by atomic mass is 9.89. The Morgan fingerprint density at radius 2 is 1.90 bits per heavy atom. The van der Waals surface area contributed by atoms with Crippen molar-refractivity contribution in [2.24, 2.45) is 11.8 Å². The van der Waals surface area contributed by atoms with E-state index in [1.807, 2.05) is 24.3 Å². The molecule has 1 aromatic rings. The molecule has 2 unspecified atom stereocenters. The number of nitrogens with zero attached hydrogens (tertiary/aromatic N) is 1. The maximum atomic E-state index is 10.4. The lowest BCUT2D eigenvalue weighted by molar-refractivity contribution is 0.114. The van der Waals surface area contributed by atoms with Crippen LogP contribution in [0.1, 0.15) is 44.8 Å². The Kier molecular flexibility index (Phi) is 6.07. The molecule has 1 aliphatic heterocycles. The fourth-order valence-corrected chi connectivity index (χ4v) is 3.21. The van der Waals surface area contributed by atoms with Crippen LogP contribution in [0, 0.1) is 11.8 Å². The van der Waals surface area contributed by atoms with Gasteiger partial charge >= 0.3 is 0 Å². The molecule has 21 heavy (non-hydrogen) atoms. The number of hydrogen-bond donors (Lipinski definition) is 1. The van der Waals surface area contributed by atoms with Gasteiger partial charge in [0.05, 0.1) is 13.2 Å². The average Bonchev–Trinajstić information content (AvgIpc) is 2.73. The van der Waals surface area contributed by atoms with Gasteiger partial charge in [-0.2, -0.15) is 0 Å². The van der Waals surface area contributed by atoms with Crippen molar-refractivity contribution >= 4 is 0 Å². The maximum absolute atomic E-state index is 10.4. The van der Waals surface area contributed by atoms with E-state index in [4.69, 9.17) is 4.74 Å². The topological polar surface area (TPSA) is 32.7 Å². The smallest absolute Gasteiger partial charge is 0.118 e. The maximum Gasteiger partial charge on any atom is 0.118 e. The van der Waals surface area contributed by atoms with Gasteiger partial charge in [0.2, 0.25) is 0 Å². The minimum absolute atomic E-state index is 0.411. The molecular formula is C18H29NO2. The van der Waals surface area contributed by atoms with Crippen LogP contribution in [0.4, 0.5) is 0 Å². The zero-order valence-corrected chi connectivity index (χ0v) is 13.6. The van der Waals surface area contributed by atoms with Gasteiger partial charge in [-0.1, -0.05) is 26.0 Å². The Morgan fingerprint density at radius 1 is 1.19 bits per heavy atom. The monoisotopic (exact) mass is 291 g/mol. The van der Waals surface area contributed by atoms with Crippen LogP contribution in [0.25, 0.3) is 0 Å². The van der Waals surface area contributed by atoms with E-state index in [0.29, 0.717) is 0 Å². The van der Waals surface area contributed by atoms with Crippen LogP contribution in [0.15, 0.2) is 24.3 Å². The number of hydrogen-bond acceptors (Lipinski definition) is 3. The van der Waals surface area contributed by atoms with E-state index in [-0.39, 0.29) is 0 Å². The Labute approximate surface area is 128 Å². The summed E-state index contributed by atoms with van der Waals surface area (Å²) in [5.41, 5.74) is 0.973. The number of rotatable bonds is 5. The second-order valence-electron chi connectivity index (χ2n) is 6.52. The minimum atomic E-state index is -0.411. The standard InChI is InChI=1S/C18H29NO2/c1-14(2)15-5-4-11-19(12-10-15)13-18(20)16-6-8-17(21-3)9-7-16/h6-9,14-15,18,20H,4-5,10-13H2,1-3H3. The third-order valence-electron chi connectivity index (χ3n) is 4.74. The second-order valence-corrected chi connectivity index (χ2v) is 6.52. The third kappa shape index (κ3) is 4.72. The molecule has 3 heteroatoms. The highest BCUT2D eigenvalue weighted by atomic mass is 16.5. The van der Waals surface area contributed by atoms with Crippen molar-refractivity contribution in [1.29, 1.82) is 0 Å². The molecule has 1 fully saturated rings. The highest BCUT2D eigenvalue weighted by Gasteiger charge is 2.21. The summed E-state index contributed by atoms with van der Waals surface area (Å²) in [7, 11) is 1.66. The first kappa shape index (κ1) is 16.3. The largest absolute Gasteiger partial charge is 0.497 e. The van der Waals surface area contributed by atoms with Crippen LogP contribution in [0.3, 0.4) is 0 Å². The SMILES string of the molecule is COc1ccc(C(O)CN2CCCC(C(C)C)CC2)cc1. The van der Waals surface area contributed by atoms with Gasteiger partial charge in [-0.05, 0) is 61.9 Å². The molecule has 0 aliphatic carbocycles. The third-order valence-corrected chi connectivity index (χ3v) is 4.74. The number of ether oxygens (including phenoxy) is 1. The molecule has 1 N–H and O–H groups in total. The summed E-state index contributed by atoms with van der Waals surface area (Å²) in [6.07, 6.45) is 3.42. The molecule has 1 aromatic carbocycles. The van der Waals surface area contributed by atoms with E-state index in [1.165, 1.54) is 19.3 Å². The molecule has 2 atom stereocenters. The lowest BCUT2D eigenvalue weighted by Crippen LogP contribution is -2.30. The van der Waals surface area contributed by atoms with E-state index < -0.39 is 6.10 Å². The minimum Gasteiger partial charge on any atom is -0.497 e. The first-order valence-corrected chi connectivity index (χ1v) is 8.14. The molecule has 118 valence electrons. The molecule has 1 heterocycles. The summed E-state index contributed by atoms with van der Waals surface area (Å²) >= 11 is 0. The quantitative estimate of drug-likeness (QED) is 0.901. The molecule has 3 nitrogen and oxygen atoms in total. The molecule has 0 spiro atoms. The summed E-state index contributed by atoms with van der Waals surface area (Å²) in [6.45, 7) is 7.60. The van der Waals surface area contributed by atoms with Gasteiger partial charge in [-0.15, -0.1) is 0 Å². The summed E-state index contributed by atoms with van der Waals surface area (Å²) in [5.74, 6) is 2.45. The van der Waals surface area contributed by atoms with E-state index in [9.17, 15) is 5.11 Å². The summed E-state index contributed by atoms with van der Waals surface area (Å²) < 4.78 is 5.16. The van der Waals surface area contributed by atoms with Crippen LogP contribution < -0.4 is 4.74 Å². The molecule has 0 amide bonds. The van der Waals surface area contributed by atoms with Crippen LogP contribution in [0.2, 0.25) is 0 Å². The number of aliphatic hydroxyl groups is 1. The fraction of sp³-hybridized carbons (Fsp3) is 0.667.